The number of nitrogens with zero attached hydrogens (tertiary/aromatic N) is 1. The van der Waals surface area contributed by atoms with Gasteiger partial charge in [-0.2, -0.15) is 0 Å². The van der Waals surface area contributed by atoms with E-state index in [0.29, 0.717) is 30.8 Å². The van der Waals surface area contributed by atoms with Gasteiger partial charge in [-0.25, -0.2) is 0 Å². The lowest BCUT2D eigenvalue weighted by atomic mass is 9.93. The summed E-state index contributed by atoms with van der Waals surface area (Å²) in [6.45, 7) is 2.23. The second-order valence-electron chi connectivity index (χ2n) is 8.54. The van der Waals surface area contributed by atoms with E-state index in [2.05, 4.69) is 22.8 Å². The molecule has 3 N–H and O–H groups in total. The van der Waals surface area contributed by atoms with Crippen molar-refractivity contribution >= 4 is 11.8 Å². The summed E-state index contributed by atoms with van der Waals surface area (Å²) in [5, 5.41) is 16.7. The zero-order valence-electron chi connectivity index (χ0n) is 18.4. The normalized spacial score (nSPS) is 19.8. The van der Waals surface area contributed by atoms with Gasteiger partial charge in [0.2, 0.25) is 0 Å². The Morgan fingerprint density at radius 1 is 1.09 bits per heavy atom. The van der Waals surface area contributed by atoms with Crippen molar-refractivity contribution in [2.24, 2.45) is 0 Å². The second-order valence-corrected chi connectivity index (χ2v) is 8.54. The summed E-state index contributed by atoms with van der Waals surface area (Å²) in [6.07, 6.45) is 1.94. The van der Waals surface area contributed by atoms with E-state index in [1.165, 1.54) is 11.1 Å². The molecule has 0 bridgehead atoms. The Balaban J connectivity index is 1.27. The lowest BCUT2D eigenvalue weighted by Crippen LogP contribution is -2.49. The molecular formula is C25H31N3O4. The molecule has 7 nitrogen and oxygen atoms in total. The Morgan fingerprint density at radius 3 is 2.44 bits per heavy atom. The van der Waals surface area contributed by atoms with Crippen LogP contribution >= 0.6 is 0 Å². The van der Waals surface area contributed by atoms with Crippen LogP contribution in [-0.4, -0.2) is 66.8 Å². The minimum Gasteiger partial charge on any atom is -0.390 e. The summed E-state index contributed by atoms with van der Waals surface area (Å²) in [6, 6.07) is 14.8. The van der Waals surface area contributed by atoms with Crippen molar-refractivity contribution in [2.45, 2.75) is 44.1 Å². The number of nitrogens with one attached hydrogen (secondary N) is 2. The fourth-order valence-electron chi connectivity index (χ4n) is 4.43. The van der Waals surface area contributed by atoms with Gasteiger partial charge >= 0.3 is 0 Å². The van der Waals surface area contributed by atoms with Gasteiger partial charge in [0, 0.05) is 50.5 Å². The van der Waals surface area contributed by atoms with Gasteiger partial charge < -0.3 is 25.4 Å². The summed E-state index contributed by atoms with van der Waals surface area (Å²) in [7, 11) is 1.70. The second kappa shape index (κ2) is 10.3. The molecule has 0 saturated carbocycles. The smallest absolute Gasteiger partial charge is 0.253 e. The SMILES string of the molecule is COC1CCN(C(=O)c2ccc(C(=O)NC[C@@H](O)[C@@H]3Cc4ccccc4CN3)cc2)CC1. The number of methoxy groups -OCH3 is 1. The average molecular weight is 438 g/mol. The number of aliphatic hydroxyl groups excluding tert-OH is 1. The monoisotopic (exact) mass is 437 g/mol. The van der Waals surface area contributed by atoms with Crippen LogP contribution in [0.15, 0.2) is 48.5 Å². The Labute approximate surface area is 188 Å². The number of carbonyl (C=O) groups is 2. The van der Waals surface area contributed by atoms with Crippen LogP contribution in [0.25, 0.3) is 0 Å². The highest BCUT2D eigenvalue weighted by molar-refractivity contribution is 5.97. The van der Waals surface area contributed by atoms with Crippen LogP contribution in [0.1, 0.15) is 44.7 Å². The first-order chi connectivity index (χ1) is 15.5. The number of likely N-dealkylation sites (tertiary alicyclic amines) is 1. The van der Waals surface area contributed by atoms with Crippen LogP contribution < -0.4 is 10.6 Å². The van der Waals surface area contributed by atoms with Crippen molar-refractivity contribution in [1.82, 2.24) is 15.5 Å². The zero-order chi connectivity index (χ0) is 22.5. The number of fused-ring (bicyclic) bond motifs is 1. The molecule has 0 radical (unpaired) electrons. The number of benzene rings is 2. The van der Waals surface area contributed by atoms with Crippen LogP contribution in [0.2, 0.25) is 0 Å². The van der Waals surface area contributed by atoms with Crippen molar-refractivity contribution in [1.29, 1.82) is 0 Å². The number of amides is 2. The third-order valence-corrected chi connectivity index (χ3v) is 6.51. The summed E-state index contributed by atoms with van der Waals surface area (Å²) in [4.78, 5) is 27.1. The summed E-state index contributed by atoms with van der Waals surface area (Å²) in [5.74, 6) is -0.286. The van der Waals surface area contributed by atoms with Crippen molar-refractivity contribution in [2.75, 3.05) is 26.7 Å². The first kappa shape index (κ1) is 22.5. The van der Waals surface area contributed by atoms with E-state index in [9.17, 15) is 14.7 Å². The molecule has 7 heteroatoms. The summed E-state index contributed by atoms with van der Waals surface area (Å²) >= 11 is 0. The number of rotatable bonds is 6. The first-order valence-corrected chi connectivity index (χ1v) is 11.2. The largest absolute Gasteiger partial charge is 0.390 e. The fraction of sp³-hybridized carbons (Fsp3) is 0.440. The molecule has 2 aliphatic rings. The Hall–Kier alpha value is -2.74. The predicted octanol–water partition coefficient (Wildman–Crippen LogP) is 1.74. The van der Waals surface area contributed by atoms with E-state index in [0.717, 1.165) is 19.3 Å². The van der Waals surface area contributed by atoms with Crippen molar-refractivity contribution < 1.29 is 19.4 Å². The van der Waals surface area contributed by atoms with Gasteiger partial charge in [-0.1, -0.05) is 24.3 Å². The van der Waals surface area contributed by atoms with Gasteiger partial charge in [0.25, 0.3) is 11.8 Å². The number of hydrogen-bond donors (Lipinski definition) is 3. The number of piperidine rings is 1. The molecule has 2 aromatic rings. The van der Waals surface area contributed by atoms with E-state index < -0.39 is 6.10 Å². The molecular weight excluding hydrogens is 406 g/mol. The quantitative estimate of drug-likeness (QED) is 0.641. The van der Waals surface area contributed by atoms with Crippen molar-refractivity contribution in [3.63, 3.8) is 0 Å². The van der Waals surface area contributed by atoms with Crippen LogP contribution in [0.4, 0.5) is 0 Å². The van der Waals surface area contributed by atoms with E-state index in [1.807, 2.05) is 17.0 Å². The van der Waals surface area contributed by atoms with Gasteiger partial charge in [-0.05, 0) is 54.7 Å². The average Bonchev–Trinajstić information content (AvgIpc) is 2.86. The Bertz CT molecular complexity index is 938. The van der Waals surface area contributed by atoms with Crippen molar-refractivity contribution in [3.05, 3.63) is 70.8 Å². The van der Waals surface area contributed by atoms with Gasteiger partial charge in [0.15, 0.2) is 0 Å². The maximum Gasteiger partial charge on any atom is 0.253 e. The number of aliphatic hydroxyl groups is 1. The maximum atomic E-state index is 12.7. The zero-order valence-corrected chi connectivity index (χ0v) is 18.4. The molecule has 2 aromatic carbocycles. The molecule has 0 spiro atoms. The molecule has 1 saturated heterocycles. The Kier molecular flexibility index (Phi) is 7.19. The fourth-order valence-corrected chi connectivity index (χ4v) is 4.43. The molecule has 170 valence electrons. The van der Waals surface area contributed by atoms with Crippen molar-refractivity contribution in [3.8, 4) is 0 Å². The third kappa shape index (κ3) is 5.18. The minimum atomic E-state index is -0.691. The first-order valence-electron chi connectivity index (χ1n) is 11.2. The van der Waals surface area contributed by atoms with Crippen LogP contribution in [0, 0.1) is 0 Å². The minimum absolute atomic E-state index is 0.0226. The third-order valence-electron chi connectivity index (χ3n) is 6.51. The molecule has 2 atom stereocenters. The lowest BCUT2D eigenvalue weighted by molar-refractivity contribution is 0.0350. The van der Waals surface area contributed by atoms with E-state index in [-0.39, 0.29) is 30.5 Å². The molecule has 4 rings (SSSR count). The van der Waals surface area contributed by atoms with Gasteiger partial charge in [0.1, 0.15) is 0 Å². The highest BCUT2D eigenvalue weighted by Crippen LogP contribution is 2.18. The molecule has 2 amide bonds. The summed E-state index contributed by atoms with van der Waals surface area (Å²) in [5.41, 5.74) is 3.52. The standard InChI is InChI=1S/C25H31N3O4/c1-32-21-10-12-28(13-11-21)25(31)18-8-6-17(7-9-18)24(30)27-16-23(29)22-14-19-4-2-3-5-20(19)15-26-22/h2-9,21-23,26,29H,10-16H2,1H3,(H,27,30)/t22-,23+/m0/s1. The highest BCUT2D eigenvalue weighted by atomic mass is 16.5. The molecule has 2 heterocycles. The van der Waals surface area contributed by atoms with Crippen LogP contribution in [-0.2, 0) is 17.7 Å². The topological polar surface area (TPSA) is 90.9 Å². The van der Waals surface area contributed by atoms with Crippen LogP contribution in [0.3, 0.4) is 0 Å². The molecule has 0 aliphatic carbocycles. The predicted molar refractivity (Wildman–Crippen MR) is 121 cm³/mol. The molecule has 32 heavy (non-hydrogen) atoms. The number of hydrogen-bond acceptors (Lipinski definition) is 5. The van der Waals surface area contributed by atoms with E-state index in [4.69, 9.17) is 4.74 Å². The number of carbonyl (C=O) groups excluding carboxylic acids is 2. The number of ether oxygens (including phenoxy) is 1. The van der Waals surface area contributed by atoms with Gasteiger partial charge in [-0.3, -0.25) is 9.59 Å². The van der Waals surface area contributed by atoms with Gasteiger partial charge in [0.05, 0.1) is 12.2 Å². The molecule has 0 aromatic heterocycles. The van der Waals surface area contributed by atoms with E-state index in [1.54, 1.807) is 31.4 Å². The lowest BCUT2D eigenvalue weighted by Gasteiger charge is -2.31. The Morgan fingerprint density at radius 2 is 1.75 bits per heavy atom. The van der Waals surface area contributed by atoms with Crippen LogP contribution in [0.5, 0.6) is 0 Å². The highest BCUT2D eigenvalue weighted by Gasteiger charge is 2.25. The summed E-state index contributed by atoms with van der Waals surface area (Å²) < 4.78 is 5.36. The molecule has 1 fully saturated rings. The molecule has 0 unspecified atom stereocenters. The molecule has 2 aliphatic heterocycles. The van der Waals surface area contributed by atoms with Gasteiger partial charge in [-0.15, -0.1) is 0 Å². The maximum absolute atomic E-state index is 12.7. The van der Waals surface area contributed by atoms with E-state index >= 15 is 0 Å².